The summed E-state index contributed by atoms with van der Waals surface area (Å²) in [5.41, 5.74) is 1.86. The van der Waals surface area contributed by atoms with Crippen LogP contribution in [0.2, 0.25) is 0 Å². The Kier molecular flexibility index (Phi) is 4.45. The van der Waals surface area contributed by atoms with Gasteiger partial charge in [0.1, 0.15) is 5.75 Å². The normalized spacial score (nSPS) is 13.1. The fraction of sp³-hybridized carbons (Fsp3) is 0.462. The van der Waals surface area contributed by atoms with Crippen LogP contribution in [0, 0.1) is 0 Å². The summed E-state index contributed by atoms with van der Waals surface area (Å²) in [4.78, 5) is 7.48. The molecule has 3 nitrogen and oxygen atoms in total. The topological polar surface area (TPSA) is 51.7 Å². The summed E-state index contributed by atoms with van der Waals surface area (Å²) >= 11 is -0.986. The number of nitrogens with zero attached hydrogens (tertiary/aromatic N) is 1. The van der Waals surface area contributed by atoms with Gasteiger partial charge in [-0.05, 0) is 25.0 Å². The van der Waals surface area contributed by atoms with Gasteiger partial charge in [0, 0.05) is 11.2 Å². The first-order chi connectivity index (χ1) is 8.31. The van der Waals surface area contributed by atoms with Gasteiger partial charge in [-0.1, -0.05) is 31.9 Å². The van der Waals surface area contributed by atoms with Crippen LogP contribution < -0.4 is 0 Å². The molecule has 0 saturated heterocycles. The number of para-hydroxylation sites is 2. The highest BCUT2D eigenvalue weighted by molar-refractivity contribution is 7.91. The predicted octanol–water partition coefficient (Wildman–Crippen LogP) is 3.25. The number of hydrogen-bond donors (Lipinski definition) is 1. The lowest BCUT2D eigenvalue weighted by molar-refractivity contribution is 0.581. The van der Waals surface area contributed by atoms with E-state index in [1.165, 1.54) is 12.8 Å². The van der Waals surface area contributed by atoms with E-state index >= 15 is 0 Å². The maximum absolute atomic E-state index is 12.0. The molecule has 1 heterocycles. The summed E-state index contributed by atoms with van der Waals surface area (Å²) in [6.45, 7) is 2.18. The number of aromatic amines is 1. The number of nitrogens with one attached hydrogen (secondary N) is 1. The van der Waals surface area contributed by atoms with Crippen molar-refractivity contribution in [2.24, 2.45) is 0 Å². The maximum atomic E-state index is 12.0. The minimum atomic E-state index is -0.986. The van der Waals surface area contributed by atoms with Gasteiger partial charge in [-0.2, -0.15) is 4.98 Å². The molecule has 1 unspecified atom stereocenters. The molecule has 92 valence electrons. The molecular weight excluding hydrogens is 232 g/mol. The van der Waals surface area contributed by atoms with Gasteiger partial charge in [-0.3, -0.25) is 4.98 Å². The summed E-state index contributed by atoms with van der Waals surface area (Å²) in [7, 11) is 0. The van der Waals surface area contributed by atoms with Gasteiger partial charge < -0.3 is 4.55 Å². The van der Waals surface area contributed by atoms with Crippen LogP contribution >= 0.6 is 0 Å². The molecule has 4 heteroatoms. The Morgan fingerprint density at radius 1 is 1.24 bits per heavy atom. The molecule has 0 radical (unpaired) electrons. The third kappa shape index (κ3) is 3.23. The van der Waals surface area contributed by atoms with Crippen LogP contribution in [0.15, 0.2) is 29.4 Å². The molecule has 0 aliphatic rings. The fourth-order valence-corrected chi connectivity index (χ4v) is 2.88. The number of rotatable bonds is 6. The molecule has 0 aliphatic heterocycles. The Balaban J connectivity index is 1.96. The van der Waals surface area contributed by atoms with Crippen molar-refractivity contribution in [3.63, 3.8) is 0 Å². The van der Waals surface area contributed by atoms with Crippen molar-refractivity contribution in [1.29, 1.82) is 0 Å². The minimum Gasteiger partial charge on any atom is -0.609 e. The van der Waals surface area contributed by atoms with Gasteiger partial charge in [0.15, 0.2) is 0 Å². The number of imidazole rings is 1. The van der Waals surface area contributed by atoms with E-state index in [9.17, 15) is 4.55 Å². The first-order valence-electron chi connectivity index (χ1n) is 6.14. The van der Waals surface area contributed by atoms with Crippen molar-refractivity contribution in [3.05, 3.63) is 24.3 Å². The van der Waals surface area contributed by atoms with Crippen LogP contribution in [0.4, 0.5) is 0 Å². The zero-order chi connectivity index (χ0) is 12.1. The molecule has 0 amide bonds. The van der Waals surface area contributed by atoms with Crippen molar-refractivity contribution in [1.82, 2.24) is 9.97 Å². The van der Waals surface area contributed by atoms with Gasteiger partial charge in [-0.15, -0.1) is 0 Å². The highest BCUT2D eigenvalue weighted by atomic mass is 32.2. The van der Waals surface area contributed by atoms with Gasteiger partial charge in [0.2, 0.25) is 0 Å². The molecule has 0 fully saturated rings. The summed E-state index contributed by atoms with van der Waals surface area (Å²) in [5, 5.41) is 0.614. The molecule has 0 bridgehead atoms. The third-order valence-electron chi connectivity index (χ3n) is 2.77. The third-order valence-corrected chi connectivity index (χ3v) is 4.05. The van der Waals surface area contributed by atoms with Crippen molar-refractivity contribution < 1.29 is 4.55 Å². The van der Waals surface area contributed by atoms with E-state index < -0.39 is 11.2 Å². The molecule has 1 aromatic carbocycles. The Morgan fingerprint density at radius 2 is 2.06 bits per heavy atom. The monoisotopic (exact) mass is 250 g/mol. The lowest BCUT2D eigenvalue weighted by Crippen LogP contribution is -2.08. The SMILES string of the molecule is CCCCCC[S+]([O-])c1nc2ccccc2[nH]1. The summed E-state index contributed by atoms with van der Waals surface area (Å²) in [5.74, 6) is 0.708. The lowest BCUT2D eigenvalue weighted by atomic mass is 10.2. The van der Waals surface area contributed by atoms with E-state index in [0.717, 1.165) is 23.9 Å². The molecule has 1 N–H and O–H groups in total. The van der Waals surface area contributed by atoms with Crippen molar-refractivity contribution >= 4 is 22.2 Å². The highest BCUT2D eigenvalue weighted by Gasteiger charge is 2.15. The van der Waals surface area contributed by atoms with Crippen LogP contribution in [0.3, 0.4) is 0 Å². The molecule has 1 atom stereocenters. The zero-order valence-electron chi connectivity index (χ0n) is 10.1. The number of H-pyrrole nitrogens is 1. The van der Waals surface area contributed by atoms with E-state index in [0.29, 0.717) is 10.9 Å². The van der Waals surface area contributed by atoms with E-state index in [-0.39, 0.29) is 0 Å². The number of aromatic nitrogens is 2. The minimum absolute atomic E-state index is 0.614. The summed E-state index contributed by atoms with van der Waals surface area (Å²) in [6, 6.07) is 7.79. The Hall–Kier alpha value is -1.00. The van der Waals surface area contributed by atoms with Gasteiger partial charge >= 0.3 is 5.16 Å². The number of unbranched alkanes of at least 4 members (excludes halogenated alkanes) is 3. The predicted molar refractivity (Wildman–Crippen MR) is 71.5 cm³/mol. The van der Waals surface area contributed by atoms with Crippen LogP contribution in [-0.2, 0) is 11.2 Å². The van der Waals surface area contributed by atoms with Crippen molar-refractivity contribution in [2.45, 2.75) is 37.8 Å². The second-order valence-electron chi connectivity index (χ2n) is 4.17. The van der Waals surface area contributed by atoms with Crippen LogP contribution in [0.5, 0.6) is 0 Å². The zero-order valence-corrected chi connectivity index (χ0v) is 10.9. The first kappa shape index (κ1) is 12.5. The second kappa shape index (κ2) is 6.07. The van der Waals surface area contributed by atoms with E-state index in [1.807, 2.05) is 24.3 Å². The molecule has 1 aromatic heterocycles. The smallest absolute Gasteiger partial charge is 0.321 e. The number of fused-ring (bicyclic) bond motifs is 1. The number of hydrogen-bond acceptors (Lipinski definition) is 2. The second-order valence-corrected chi connectivity index (χ2v) is 5.66. The Labute approximate surface area is 105 Å². The van der Waals surface area contributed by atoms with E-state index in [4.69, 9.17) is 0 Å². The Bertz CT molecular complexity index is 436. The van der Waals surface area contributed by atoms with Gasteiger partial charge in [-0.25, -0.2) is 0 Å². The standard InChI is InChI=1S/C13H18N2OS/c1-2-3-4-7-10-17(16)13-14-11-8-5-6-9-12(11)15-13/h5-6,8-9H,2-4,7,10H2,1H3,(H,14,15). The quantitative estimate of drug-likeness (QED) is 0.632. The van der Waals surface area contributed by atoms with Crippen molar-refractivity contribution in [3.8, 4) is 0 Å². The first-order valence-corrected chi connectivity index (χ1v) is 7.46. The van der Waals surface area contributed by atoms with Crippen LogP contribution in [0.1, 0.15) is 32.6 Å². The molecule has 0 aliphatic carbocycles. The Morgan fingerprint density at radius 3 is 2.82 bits per heavy atom. The largest absolute Gasteiger partial charge is 0.609 e. The maximum Gasteiger partial charge on any atom is 0.321 e. The summed E-state index contributed by atoms with van der Waals surface area (Å²) in [6.07, 6.45) is 4.59. The van der Waals surface area contributed by atoms with Gasteiger partial charge in [0.25, 0.3) is 0 Å². The van der Waals surface area contributed by atoms with Gasteiger partial charge in [0.05, 0.1) is 11.0 Å². The van der Waals surface area contributed by atoms with E-state index in [1.54, 1.807) is 0 Å². The van der Waals surface area contributed by atoms with Crippen LogP contribution in [0.25, 0.3) is 11.0 Å². The van der Waals surface area contributed by atoms with Crippen LogP contribution in [-0.4, -0.2) is 20.3 Å². The molecule has 17 heavy (non-hydrogen) atoms. The molecule has 0 spiro atoms. The molecule has 2 aromatic rings. The van der Waals surface area contributed by atoms with E-state index in [2.05, 4.69) is 16.9 Å². The number of benzene rings is 1. The average Bonchev–Trinajstić information content (AvgIpc) is 2.78. The molecule has 0 saturated carbocycles. The molecular formula is C13H18N2OS. The lowest BCUT2D eigenvalue weighted by Gasteiger charge is -2.05. The van der Waals surface area contributed by atoms with Crippen molar-refractivity contribution in [2.75, 3.05) is 5.75 Å². The summed E-state index contributed by atoms with van der Waals surface area (Å²) < 4.78 is 12.0. The average molecular weight is 250 g/mol. The highest BCUT2D eigenvalue weighted by Crippen LogP contribution is 2.16. The molecule has 2 rings (SSSR count). The fourth-order valence-electron chi connectivity index (χ4n) is 1.79.